The maximum Gasteiger partial charge on any atom is 0.138 e. The second-order valence-electron chi connectivity index (χ2n) is 4.21. The Bertz CT molecular complexity index is 510. The molecule has 2 aromatic rings. The summed E-state index contributed by atoms with van der Waals surface area (Å²) in [5.74, 6) is 1.59. The maximum absolute atomic E-state index is 10.0. The summed E-state index contributed by atoms with van der Waals surface area (Å²) in [4.78, 5) is 4.10. The van der Waals surface area contributed by atoms with E-state index in [9.17, 15) is 5.11 Å². The Morgan fingerprint density at radius 3 is 2.89 bits per heavy atom. The minimum Gasteiger partial charge on any atom is -0.497 e. The molecule has 18 heavy (non-hydrogen) atoms. The number of methoxy groups -OCH3 is 1. The van der Waals surface area contributed by atoms with Crippen molar-refractivity contribution < 1.29 is 9.84 Å². The van der Waals surface area contributed by atoms with E-state index in [1.54, 1.807) is 11.8 Å². The lowest BCUT2D eigenvalue weighted by Crippen LogP contribution is -2.17. The molecular formula is C13H17N3O2. The van der Waals surface area contributed by atoms with Crippen LogP contribution in [0, 0.1) is 0 Å². The Labute approximate surface area is 106 Å². The second-order valence-corrected chi connectivity index (χ2v) is 4.21. The zero-order valence-corrected chi connectivity index (χ0v) is 10.6. The van der Waals surface area contributed by atoms with E-state index in [1.807, 2.05) is 31.3 Å². The van der Waals surface area contributed by atoms with Gasteiger partial charge in [-0.25, -0.2) is 4.98 Å². The van der Waals surface area contributed by atoms with Gasteiger partial charge in [-0.05, 0) is 24.1 Å². The van der Waals surface area contributed by atoms with Crippen LogP contribution in [0.4, 0.5) is 0 Å². The fourth-order valence-corrected chi connectivity index (χ4v) is 1.86. The SMILES string of the molecule is COc1cccc(CC(O)Cc2ncnn2C)c1. The van der Waals surface area contributed by atoms with E-state index in [0.717, 1.165) is 17.1 Å². The molecule has 1 aromatic heterocycles. The molecule has 2 rings (SSSR count). The van der Waals surface area contributed by atoms with Crippen LogP contribution in [0.2, 0.25) is 0 Å². The lowest BCUT2D eigenvalue weighted by atomic mass is 10.1. The van der Waals surface area contributed by atoms with Crippen molar-refractivity contribution in [2.24, 2.45) is 7.05 Å². The monoisotopic (exact) mass is 247 g/mol. The molecule has 5 heteroatoms. The van der Waals surface area contributed by atoms with Crippen LogP contribution in [0.1, 0.15) is 11.4 Å². The van der Waals surface area contributed by atoms with Crippen LogP contribution in [0.5, 0.6) is 5.75 Å². The summed E-state index contributed by atoms with van der Waals surface area (Å²) in [6.45, 7) is 0. The van der Waals surface area contributed by atoms with Gasteiger partial charge in [-0.1, -0.05) is 12.1 Å². The van der Waals surface area contributed by atoms with Gasteiger partial charge in [-0.15, -0.1) is 0 Å². The molecule has 1 atom stereocenters. The Balaban J connectivity index is 1.98. The van der Waals surface area contributed by atoms with E-state index < -0.39 is 6.10 Å². The van der Waals surface area contributed by atoms with Gasteiger partial charge in [0.15, 0.2) is 0 Å². The highest BCUT2D eigenvalue weighted by atomic mass is 16.5. The molecule has 0 saturated carbocycles. The van der Waals surface area contributed by atoms with Gasteiger partial charge < -0.3 is 9.84 Å². The van der Waals surface area contributed by atoms with Crippen LogP contribution in [0.25, 0.3) is 0 Å². The van der Waals surface area contributed by atoms with E-state index in [4.69, 9.17) is 4.74 Å². The van der Waals surface area contributed by atoms with Crippen LogP contribution < -0.4 is 4.74 Å². The molecule has 96 valence electrons. The molecule has 0 bridgehead atoms. The molecular weight excluding hydrogens is 230 g/mol. The largest absolute Gasteiger partial charge is 0.497 e. The van der Waals surface area contributed by atoms with Gasteiger partial charge in [0.05, 0.1) is 13.2 Å². The number of aromatic nitrogens is 3. The molecule has 1 aromatic carbocycles. The molecule has 0 spiro atoms. The van der Waals surface area contributed by atoms with Crippen LogP contribution in [0.3, 0.4) is 0 Å². The lowest BCUT2D eigenvalue weighted by molar-refractivity contribution is 0.171. The first-order valence-corrected chi connectivity index (χ1v) is 5.83. The lowest BCUT2D eigenvalue weighted by Gasteiger charge is -2.10. The number of hydrogen-bond acceptors (Lipinski definition) is 4. The van der Waals surface area contributed by atoms with Gasteiger partial charge >= 0.3 is 0 Å². The highest BCUT2D eigenvalue weighted by Crippen LogP contribution is 2.14. The quantitative estimate of drug-likeness (QED) is 0.855. The summed E-state index contributed by atoms with van der Waals surface area (Å²) in [6.07, 6.45) is 2.09. The Morgan fingerprint density at radius 1 is 1.39 bits per heavy atom. The highest BCUT2D eigenvalue weighted by molar-refractivity contribution is 5.28. The third-order valence-electron chi connectivity index (χ3n) is 2.83. The zero-order chi connectivity index (χ0) is 13.0. The predicted molar refractivity (Wildman–Crippen MR) is 67.4 cm³/mol. The van der Waals surface area contributed by atoms with E-state index in [2.05, 4.69) is 10.1 Å². The fraction of sp³-hybridized carbons (Fsp3) is 0.385. The zero-order valence-electron chi connectivity index (χ0n) is 10.6. The predicted octanol–water partition coefficient (Wildman–Crippen LogP) is 0.970. The third-order valence-corrected chi connectivity index (χ3v) is 2.83. The molecule has 0 radical (unpaired) electrons. The summed E-state index contributed by atoms with van der Waals surface area (Å²) in [5.41, 5.74) is 1.05. The molecule has 0 fully saturated rings. The number of ether oxygens (including phenoxy) is 1. The number of aliphatic hydroxyl groups excluding tert-OH is 1. The summed E-state index contributed by atoms with van der Waals surface area (Å²) in [5, 5.41) is 14.0. The topological polar surface area (TPSA) is 60.2 Å². The standard InChI is InChI=1S/C13H17N3O2/c1-16-13(14-9-15-16)8-11(17)6-10-4-3-5-12(7-10)18-2/h3-5,7,9,11,17H,6,8H2,1-2H3. The van der Waals surface area contributed by atoms with Gasteiger partial charge in [0.25, 0.3) is 0 Å². The number of aryl methyl sites for hydroxylation is 1. The first-order valence-electron chi connectivity index (χ1n) is 5.83. The molecule has 0 aliphatic rings. The summed E-state index contributed by atoms with van der Waals surface area (Å²) in [7, 11) is 3.45. The Hall–Kier alpha value is -1.88. The van der Waals surface area contributed by atoms with Crippen molar-refractivity contribution in [3.63, 3.8) is 0 Å². The summed E-state index contributed by atoms with van der Waals surface area (Å²) in [6, 6.07) is 7.71. The van der Waals surface area contributed by atoms with Gasteiger partial charge in [0.1, 0.15) is 17.9 Å². The first-order chi connectivity index (χ1) is 8.69. The van der Waals surface area contributed by atoms with Gasteiger partial charge in [-0.2, -0.15) is 5.10 Å². The summed E-state index contributed by atoms with van der Waals surface area (Å²) >= 11 is 0. The second kappa shape index (κ2) is 5.64. The fourth-order valence-electron chi connectivity index (χ4n) is 1.86. The molecule has 0 amide bonds. The Morgan fingerprint density at radius 2 is 2.22 bits per heavy atom. The minimum atomic E-state index is -0.472. The van der Waals surface area contributed by atoms with Crippen molar-refractivity contribution in [3.05, 3.63) is 42.0 Å². The first kappa shape index (κ1) is 12.6. The summed E-state index contributed by atoms with van der Waals surface area (Å²) < 4.78 is 6.83. The van der Waals surface area contributed by atoms with Crippen molar-refractivity contribution in [2.75, 3.05) is 7.11 Å². The van der Waals surface area contributed by atoms with Crippen LogP contribution in [0.15, 0.2) is 30.6 Å². The molecule has 1 N–H and O–H groups in total. The van der Waals surface area contributed by atoms with Crippen LogP contribution in [-0.2, 0) is 19.9 Å². The number of aliphatic hydroxyl groups is 1. The van der Waals surface area contributed by atoms with E-state index in [-0.39, 0.29) is 0 Å². The van der Waals surface area contributed by atoms with Crippen molar-refractivity contribution >= 4 is 0 Å². The van der Waals surface area contributed by atoms with Crippen LogP contribution in [-0.4, -0.2) is 33.1 Å². The molecule has 0 saturated heterocycles. The van der Waals surface area contributed by atoms with Crippen molar-refractivity contribution in [1.82, 2.24) is 14.8 Å². The van der Waals surface area contributed by atoms with Gasteiger partial charge in [0.2, 0.25) is 0 Å². The minimum absolute atomic E-state index is 0.472. The van der Waals surface area contributed by atoms with Gasteiger partial charge in [-0.3, -0.25) is 4.68 Å². The molecule has 5 nitrogen and oxygen atoms in total. The number of benzene rings is 1. The van der Waals surface area contributed by atoms with Crippen LogP contribution >= 0.6 is 0 Å². The average Bonchev–Trinajstić information content (AvgIpc) is 2.75. The van der Waals surface area contributed by atoms with Crippen molar-refractivity contribution in [1.29, 1.82) is 0 Å². The number of nitrogens with zero attached hydrogens (tertiary/aromatic N) is 3. The normalized spacial score (nSPS) is 12.4. The van der Waals surface area contributed by atoms with Crippen molar-refractivity contribution in [2.45, 2.75) is 18.9 Å². The molecule has 1 heterocycles. The molecule has 0 aliphatic carbocycles. The number of hydrogen-bond donors (Lipinski definition) is 1. The Kier molecular flexibility index (Phi) is 3.94. The van der Waals surface area contributed by atoms with E-state index in [1.165, 1.54) is 6.33 Å². The molecule has 1 unspecified atom stereocenters. The molecule has 0 aliphatic heterocycles. The van der Waals surface area contributed by atoms with Crippen molar-refractivity contribution in [3.8, 4) is 5.75 Å². The number of rotatable bonds is 5. The average molecular weight is 247 g/mol. The third kappa shape index (κ3) is 3.07. The van der Waals surface area contributed by atoms with E-state index in [0.29, 0.717) is 12.8 Å². The maximum atomic E-state index is 10.0. The highest BCUT2D eigenvalue weighted by Gasteiger charge is 2.10. The van der Waals surface area contributed by atoms with Gasteiger partial charge in [0, 0.05) is 13.5 Å². The van der Waals surface area contributed by atoms with E-state index >= 15 is 0 Å². The smallest absolute Gasteiger partial charge is 0.138 e.